The Morgan fingerprint density at radius 2 is 2.28 bits per heavy atom. The van der Waals surface area contributed by atoms with Gasteiger partial charge in [-0.2, -0.15) is 0 Å². The van der Waals surface area contributed by atoms with Crippen molar-refractivity contribution in [3.63, 3.8) is 0 Å². The molecular formula is C10H8ClFN4O2. The molecule has 18 heavy (non-hydrogen) atoms. The van der Waals surface area contributed by atoms with E-state index < -0.39 is 11.8 Å². The van der Waals surface area contributed by atoms with Gasteiger partial charge in [-0.1, -0.05) is 11.6 Å². The highest BCUT2D eigenvalue weighted by Gasteiger charge is 2.11. The van der Waals surface area contributed by atoms with Crippen LogP contribution in [0.25, 0.3) is 11.4 Å². The van der Waals surface area contributed by atoms with E-state index in [1.165, 1.54) is 22.9 Å². The van der Waals surface area contributed by atoms with Crippen LogP contribution in [0.1, 0.15) is 6.42 Å². The third-order valence-corrected chi connectivity index (χ3v) is 2.54. The molecule has 1 aromatic heterocycles. The zero-order chi connectivity index (χ0) is 13.1. The molecule has 0 saturated heterocycles. The van der Waals surface area contributed by atoms with Gasteiger partial charge < -0.3 is 5.11 Å². The highest BCUT2D eigenvalue weighted by atomic mass is 35.5. The van der Waals surface area contributed by atoms with Crippen LogP contribution in [-0.4, -0.2) is 31.3 Å². The van der Waals surface area contributed by atoms with E-state index in [0.29, 0.717) is 11.4 Å². The zero-order valence-electron chi connectivity index (χ0n) is 9.05. The molecule has 0 unspecified atom stereocenters. The summed E-state index contributed by atoms with van der Waals surface area (Å²) in [6.45, 7) is 0.132. The Balaban J connectivity index is 2.30. The lowest BCUT2D eigenvalue weighted by Crippen LogP contribution is -2.07. The van der Waals surface area contributed by atoms with Gasteiger partial charge in [0.2, 0.25) is 0 Å². The molecule has 8 heteroatoms. The first-order valence-corrected chi connectivity index (χ1v) is 5.39. The fraction of sp³-hybridized carbons (Fsp3) is 0.200. The summed E-state index contributed by atoms with van der Waals surface area (Å²) in [7, 11) is 0. The summed E-state index contributed by atoms with van der Waals surface area (Å²) >= 11 is 5.66. The van der Waals surface area contributed by atoms with Gasteiger partial charge in [0.1, 0.15) is 5.82 Å². The third-order valence-electron chi connectivity index (χ3n) is 2.25. The van der Waals surface area contributed by atoms with Gasteiger partial charge in [0.05, 0.1) is 18.0 Å². The van der Waals surface area contributed by atoms with Crippen molar-refractivity contribution >= 4 is 17.6 Å². The minimum atomic E-state index is -0.950. The molecule has 0 amide bonds. The lowest BCUT2D eigenvalue weighted by atomic mass is 10.2. The third kappa shape index (κ3) is 2.62. The van der Waals surface area contributed by atoms with Crippen molar-refractivity contribution in [3.05, 3.63) is 29.0 Å². The number of tetrazole rings is 1. The van der Waals surface area contributed by atoms with Gasteiger partial charge >= 0.3 is 5.97 Å². The summed E-state index contributed by atoms with van der Waals surface area (Å²) in [6.07, 6.45) is -0.104. The predicted molar refractivity (Wildman–Crippen MR) is 60.5 cm³/mol. The van der Waals surface area contributed by atoms with Crippen molar-refractivity contribution in [2.45, 2.75) is 13.0 Å². The molecule has 0 aliphatic carbocycles. The van der Waals surface area contributed by atoms with E-state index in [0.717, 1.165) is 0 Å². The van der Waals surface area contributed by atoms with E-state index in [2.05, 4.69) is 15.5 Å². The Hall–Kier alpha value is -2.02. The lowest BCUT2D eigenvalue weighted by molar-refractivity contribution is -0.137. The van der Waals surface area contributed by atoms with Crippen molar-refractivity contribution in [1.29, 1.82) is 0 Å². The highest BCUT2D eigenvalue weighted by Crippen LogP contribution is 2.22. The maximum atomic E-state index is 13.0. The van der Waals surface area contributed by atoms with Crippen LogP contribution in [0, 0.1) is 5.82 Å². The van der Waals surface area contributed by atoms with E-state index in [1.807, 2.05) is 0 Å². The molecule has 0 fully saturated rings. The van der Waals surface area contributed by atoms with Crippen molar-refractivity contribution < 1.29 is 14.3 Å². The monoisotopic (exact) mass is 270 g/mol. The van der Waals surface area contributed by atoms with Crippen molar-refractivity contribution in [1.82, 2.24) is 20.2 Å². The molecule has 0 bridgehead atoms. The number of rotatable bonds is 4. The number of hydrogen-bond acceptors (Lipinski definition) is 4. The van der Waals surface area contributed by atoms with Crippen molar-refractivity contribution in [3.8, 4) is 11.4 Å². The summed E-state index contributed by atoms with van der Waals surface area (Å²) < 4.78 is 14.4. The summed E-state index contributed by atoms with van der Waals surface area (Å²) in [5.74, 6) is -1.14. The van der Waals surface area contributed by atoms with E-state index >= 15 is 0 Å². The molecule has 0 radical (unpaired) electrons. The van der Waals surface area contributed by atoms with Crippen LogP contribution in [0.4, 0.5) is 4.39 Å². The standard InChI is InChI=1S/C10H8ClFN4O2/c11-7-5-6(1-2-8(7)12)10-13-14-15-16(10)4-3-9(17)18/h1-2,5H,3-4H2,(H,17,18). The summed E-state index contributed by atoms with van der Waals surface area (Å²) in [5.41, 5.74) is 0.525. The summed E-state index contributed by atoms with van der Waals surface area (Å²) in [4.78, 5) is 10.5. The number of nitrogens with zero attached hydrogens (tertiary/aromatic N) is 4. The van der Waals surface area contributed by atoms with Gasteiger partial charge in [-0.25, -0.2) is 9.07 Å². The smallest absolute Gasteiger partial charge is 0.305 e. The van der Waals surface area contributed by atoms with Gasteiger partial charge in [0.15, 0.2) is 5.82 Å². The Kier molecular flexibility index (Phi) is 3.52. The molecule has 0 saturated carbocycles. The Bertz CT molecular complexity index is 587. The first-order valence-electron chi connectivity index (χ1n) is 5.01. The van der Waals surface area contributed by atoms with Crippen molar-refractivity contribution in [2.24, 2.45) is 0 Å². The summed E-state index contributed by atoms with van der Waals surface area (Å²) in [6, 6.07) is 4.07. The minimum absolute atomic E-state index is 0.0414. The number of benzene rings is 1. The molecule has 94 valence electrons. The zero-order valence-corrected chi connectivity index (χ0v) is 9.80. The predicted octanol–water partition coefficient (Wildman–Crippen LogP) is 1.61. The molecule has 1 heterocycles. The number of aliphatic carboxylic acids is 1. The normalized spacial score (nSPS) is 10.6. The molecular weight excluding hydrogens is 263 g/mol. The Morgan fingerprint density at radius 1 is 1.50 bits per heavy atom. The fourth-order valence-corrected chi connectivity index (χ4v) is 1.58. The van der Waals surface area contributed by atoms with Gasteiger partial charge in [-0.3, -0.25) is 4.79 Å². The quantitative estimate of drug-likeness (QED) is 0.913. The first kappa shape index (κ1) is 12.4. The average molecular weight is 271 g/mol. The lowest BCUT2D eigenvalue weighted by Gasteiger charge is -2.03. The van der Waals surface area contributed by atoms with Crippen LogP contribution in [0.15, 0.2) is 18.2 Å². The number of carboxylic acid groups (broad SMARTS) is 1. The SMILES string of the molecule is O=C(O)CCn1nnnc1-c1ccc(F)c(Cl)c1. The topological polar surface area (TPSA) is 80.9 Å². The summed E-state index contributed by atoms with van der Waals surface area (Å²) in [5, 5.41) is 19.5. The number of aryl methyl sites for hydroxylation is 1. The molecule has 2 rings (SSSR count). The van der Waals surface area contributed by atoms with Gasteiger partial charge in [-0.15, -0.1) is 5.10 Å². The molecule has 0 spiro atoms. The second kappa shape index (κ2) is 5.09. The van der Waals surface area contributed by atoms with Gasteiger partial charge in [-0.05, 0) is 28.6 Å². The van der Waals surface area contributed by atoms with Crippen LogP contribution < -0.4 is 0 Å². The maximum absolute atomic E-state index is 13.0. The van der Waals surface area contributed by atoms with Gasteiger partial charge in [0, 0.05) is 5.56 Å². The molecule has 2 aromatic rings. The number of hydrogen-bond donors (Lipinski definition) is 1. The molecule has 0 aliphatic rings. The molecule has 0 aliphatic heterocycles. The van der Waals surface area contributed by atoms with E-state index in [9.17, 15) is 9.18 Å². The van der Waals surface area contributed by atoms with E-state index in [1.54, 1.807) is 0 Å². The number of carboxylic acids is 1. The molecule has 1 aromatic carbocycles. The Morgan fingerprint density at radius 3 is 2.94 bits per heavy atom. The number of halogens is 2. The first-order chi connectivity index (χ1) is 8.58. The second-order valence-corrected chi connectivity index (χ2v) is 3.91. The second-order valence-electron chi connectivity index (χ2n) is 3.50. The van der Waals surface area contributed by atoms with Crippen LogP contribution in [0.2, 0.25) is 5.02 Å². The van der Waals surface area contributed by atoms with Crippen LogP contribution in [0.3, 0.4) is 0 Å². The van der Waals surface area contributed by atoms with Crippen LogP contribution in [0.5, 0.6) is 0 Å². The number of carbonyl (C=O) groups is 1. The van der Waals surface area contributed by atoms with E-state index in [-0.39, 0.29) is 18.0 Å². The maximum Gasteiger partial charge on any atom is 0.305 e. The minimum Gasteiger partial charge on any atom is -0.481 e. The van der Waals surface area contributed by atoms with E-state index in [4.69, 9.17) is 16.7 Å². The fourth-order valence-electron chi connectivity index (χ4n) is 1.40. The van der Waals surface area contributed by atoms with Crippen LogP contribution in [-0.2, 0) is 11.3 Å². The van der Waals surface area contributed by atoms with Crippen LogP contribution >= 0.6 is 11.6 Å². The highest BCUT2D eigenvalue weighted by molar-refractivity contribution is 6.31. The average Bonchev–Trinajstić information content (AvgIpc) is 2.78. The van der Waals surface area contributed by atoms with Gasteiger partial charge in [0.25, 0.3) is 0 Å². The Labute approximate surface area is 106 Å². The molecule has 6 nitrogen and oxygen atoms in total. The molecule has 1 N–H and O–H groups in total. The largest absolute Gasteiger partial charge is 0.481 e. The van der Waals surface area contributed by atoms with Crippen molar-refractivity contribution in [2.75, 3.05) is 0 Å². The molecule has 0 atom stereocenters. The number of aromatic nitrogens is 4.